The van der Waals surface area contributed by atoms with Crippen LogP contribution < -0.4 is 16.2 Å². The highest BCUT2D eigenvalue weighted by Gasteiger charge is 2.32. The second kappa shape index (κ2) is 6.39. The molecule has 0 bridgehead atoms. The maximum Gasteiger partial charge on any atom is 0.251 e. The summed E-state index contributed by atoms with van der Waals surface area (Å²) in [5.74, 6) is -1.31. The first-order chi connectivity index (χ1) is 9.97. The number of nitrogens with one attached hydrogen (secondary N) is 3. The molecule has 0 aliphatic carbocycles. The Morgan fingerprint density at radius 3 is 2.24 bits per heavy atom. The average Bonchev–Trinajstić information content (AvgIpc) is 2.76. The fourth-order valence-electron chi connectivity index (χ4n) is 2.13. The Balaban J connectivity index is 1.84. The Morgan fingerprint density at radius 2 is 1.71 bits per heavy atom. The van der Waals surface area contributed by atoms with E-state index < -0.39 is 5.92 Å². The van der Waals surface area contributed by atoms with E-state index in [1.165, 1.54) is 5.56 Å². The van der Waals surface area contributed by atoms with Crippen LogP contribution in [0.1, 0.15) is 38.2 Å². The van der Waals surface area contributed by atoms with Crippen LogP contribution in [0.15, 0.2) is 24.3 Å². The van der Waals surface area contributed by atoms with Crippen molar-refractivity contribution in [3.05, 3.63) is 29.8 Å². The number of benzene rings is 1. The first-order valence-corrected chi connectivity index (χ1v) is 6.97. The van der Waals surface area contributed by atoms with Gasteiger partial charge in [-0.05, 0) is 30.0 Å². The molecule has 112 valence electrons. The second-order valence-corrected chi connectivity index (χ2v) is 5.39. The molecule has 0 spiro atoms. The van der Waals surface area contributed by atoms with E-state index in [2.05, 4.69) is 30.0 Å². The number of carbonyl (C=O) groups excluding carboxylic acids is 3. The highest BCUT2D eigenvalue weighted by molar-refractivity contribution is 6.05. The van der Waals surface area contributed by atoms with Crippen LogP contribution in [0, 0.1) is 5.92 Å². The third-order valence-corrected chi connectivity index (χ3v) is 3.46. The molecule has 0 unspecified atom stereocenters. The fourth-order valence-corrected chi connectivity index (χ4v) is 2.13. The lowest BCUT2D eigenvalue weighted by molar-refractivity contribution is -0.128. The molecule has 21 heavy (non-hydrogen) atoms. The lowest BCUT2D eigenvalue weighted by Gasteiger charge is -2.09. The summed E-state index contributed by atoms with van der Waals surface area (Å²) in [7, 11) is 0. The first-order valence-electron chi connectivity index (χ1n) is 6.97. The van der Waals surface area contributed by atoms with Crippen LogP contribution in [0.25, 0.3) is 0 Å². The standard InChI is InChI=1S/C15H19N3O3/c1-9(2)10-3-5-11(6-4-10)16-13(19)8-7-12-14(20)17-18-15(12)21/h3-6,9,12H,7-8H2,1-2H3,(H,16,19)(H,17,20)(H,18,21). The van der Waals surface area contributed by atoms with Gasteiger partial charge in [-0.1, -0.05) is 26.0 Å². The molecule has 2 rings (SSSR count). The van der Waals surface area contributed by atoms with E-state index in [9.17, 15) is 14.4 Å². The van der Waals surface area contributed by atoms with Gasteiger partial charge in [0.2, 0.25) is 5.91 Å². The highest BCUT2D eigenvalue weighted by atomic mass is 16.2. The number of hydrogen-bond acceptors (Lipinski definition) is 3. The topological polar surface area (TPSA) is 87.3 Å². The van der Waals surface area contributed by atoms with Crippen molar-refractivity contribution in [2.45, 2.75) is 32.6 Å². The average molecular weight is 289 g/mol. The number of hydrogen-bond donors (Lipinski definition) is 3. The number of amides is 3. The predicted octanol–water partition coefficient (Wildman–Crippen LogP) is 1.31. The zero-order valence-electron chi connectivity index (χ0n) is 12.1. The molecular weight excluding hydrogens is 270 g/mol. The van der Waals surface area contributed by atoms with Crippen LogP contribution in [0.5, 0.6) is 0 Å². The minimum Gasteiger partial charge on any atom is -0.326 e. The molecular formula is C15H19N3O3. The van der Waals surface area contributed by atoms with Gasteiger partial charge in [0.05, 0.1) is 0 Å². The summed E-state index contributed by atoms with van der Waals surface area (Å²) in [6, 6.07) is 7.64. The summed E-state index contributed by atoms with van der Waals surface area (Å²) in [5.41, 5.74) is 6.39. The number of rotatable bonds is 5. The molecule has 3 amide bonds. The smallest absolute Gasteiger partial charge is 0.251 e. The third kappa shape index (κ3) is 3.81. The van der Waals surface area contributed by atoms with Gasteiger partial charge in [-0.15, -0.1) is 0 Å². The van der Waals surface area contributed by atoms with Crippen LogP contribution in [-0.2, 0) is 14.4 Å². The van der Waals surface area contributed by atoms with Crippen molar-refractivity contribution in [2.24, 2.45) is 5.92 Å². The highest BCUT2D eigenvalue weighted by Crippen LogP contribution is 2.18. The molecule has 0 saturated carbocycles. The maximum atomic E-state index is 11.8. The van der Waals surface area contributed by atoms with Crippen molar-refractivity contribution in [3.63, 3.8) is 0 Å². The van der Waals surface area contributed by atoms with E-state index in [-0.39, 0.29) is 30.6 Å². The Labute approximate surface area is 123 Å². The SMILES string of the molecule is CC(C)c1ccc(NC(=O)CCC2C(=O)NNC2=O)cc1. The van der Waals surface area contributed by atoms with Crippen molar-refractivity contribution in [3.8, 4) is 0 Å². The van der Waals surface area contributed by atoms with E-state index in [1.54, 1.807) is 0 Å². The van der Waals surface area contributed by atoms with Gasteiger partial charge in [0.25, 0.3) is 11.8 Å². The van der Waals surface area contributed by atoms with Gasteiger partial charge < -0.3 is 5.32 Å². The van der Waals surface area contributed by atoms with Crippen LogP contribution in [0.4, 0.5) is 5.69 Å². The predicted molar refractivity (Wildman–Crippen MR) is 78.2 cm³/mol. The number of carbonyl (C=O) groups is 3. The molecule has 6 nitrogen and oxygen atoms in total. The molecule has 1 aliphatic rings. The van der Waals surface area contributed by atoms with Crippen molar-refractivity contribution >= 4 is 23.4 Å². The quantitative estimate of drug-likeness (QED) is 0.714. The normalized spacial score (nSPS) is 15.0. The minimum atomic E-state index is -0.779. The van der Waals surface area contributed by atoms with Crippen molar-refractivity contribution < 1.29 is 14.4 Å². The Hall–Kier alpha value is -2.37. The van der Waals surface area contributed by atoms with Gasteiger partial charge in [-0.25, -0.2) is 0 Å². The summed E-state index contributed by atoms with van der Waals surface area (Å²) in [6.45, 7) is 4.20. The summed E-state index contributed by atoms with van der Waals surface area (Å²) in [6.07, 6.45) is 0.324. The molecule has 6 heteroatoms. The molecule has 1 heterocycles. The molecule has 0 radical (unpaired) electrons. The van der Waals surface area contributed by atoms with Crippen molar-refractivity contribution in [1.29, 1.82) is 0 Å². The van der Waals surface area contributed by atoms with Gasteiger partial charge >= 0.3 is 0 Å². The Kier molecular flexibility index (Phi) is 4.57. The fraction of sp³-hybridized carbons (Fsp3) is 0.400. The summed E-state index contributed by atoms with van der Waals surface area (Å²) >= 11 is 0. The largest absolute Gasteiger partial charge is 0.326 e. The first kappa shape index (κ1) is 15.0. The summed E-state index contributed by atoms with van der Waals surface area (Å²) < 4.78 is 0. The Bertz CT molecular complexity index is 536. The lowest BCUT2D eigenvalue weighted by atomic mass is 10.0. The zero-order chi connectivity index (χ0) is 15.4. The van der Waals surface area contributed by atoms with Gasteiger partial charge in [0, 0.05) is 12.1 Å². The van der Waals surface area contributed by atoms with Gasteiger partial charge in [0.15, 0.2) is 0 Å². The molecule has 1 aliphatic heterocycles. The zero-order valence-corrected chi connectivity index (χ0v) is 12.1. The molecule has 0 atom stereocenters. The third-order valence-electron chi connectivity index (χ3n) is 3.46. The monoisotopic (exact) mass is 289 g/mol. The van der Waals surface area contributed by atoms with Crippen molar-refractivity contribution in [2.75, 3.05) is 5.32 Å². The van der Waals surface area contributed by atoms with E-state index >= 15 is 0 Å². The summed E-state index contributed by atoms with van der Waals surface area (Å²) in [5, 5.41) is 2.76. The van der Waals surface area contributed by atoms with E-state index in [4.69, 9.17) is 0 Å². The van der Waals surface area contributed by atoms with Gasteiger partial charge in [-0.3, -0.25) is 25.2 Å². The van der Waals surface area contributed by atoms with Crippen LogP contribution in [0.3, 0.4) is 0 Å². The number of anilines is 1. The molecule has 1 saturated heterocycles. The van der Waals surface area contributed by atoms with E-state index in [1.807, 2.05) is 24.3 Å². The van der Waals surface area contributed by atoms with Crippen LogP contribution in [0.2, 0.25) is 0 Å². The molecule has 3 N–H and O–H groups in total. The maximum absolute atomic E-state index is 11.8. The molecule has 1 aromatic rings. The van der Waals surface area contributed by atoms with E-state index in [0.717, 1.165) is 0 Å². The van der Waals surface area contributed by atoms with Crippen molar-refractivity contribution in [1.82, 2.24) is 10.9 Å². The lowest BCUT2D eigenvalue weighted by Crippen LogP contribution is -2.28. The Morgan fingerprint density at radius 1 is 1.14 bits per heavy atom. The summed E-state index contributed by atoms with van der Waals surface area (Å²) in [4.78, 5) is 34.5. The van der Waals surface area contributed by atoms with Gasteiger partial charge in [0.1, 0.15) is 5.92 Å². The minimum absolute atomic E-state index is 0.122. The molecule has 1 aromatic carbocycles. The number of hydrazine groups is 1. The van der Waals surface area contributed by atoms with Gasteiger partial charge in [-0.2, -0.15) is 0 Å². The van der Waals surface area contributed by atoms with E-state index in [0.29, 0.717) is 11.6 Å². The molecule has 1 fully saturated rings. The second-order valence-electron chi connectivity index (χ2n) is 5.39. The van der Waals surface area contributed by atoms with Crippen LogP contribution >= 0.6 is 0 Å². The molecule has 0 aromatic heterocycles. The van der Waals surface area contributed by atoms with Crippen LogP contribution in [-0.4, -0.2) is 17.7 Å².